The molecule has 1 aromatic carbocycles. The van der Waals surface area contributed by atoms with Gasteiger partial charge in [0.15, 0.2) is 11.5 Å². The highest BCUT2D eigenvalue weighted by Crippen LogP contribution is 2.43. The van der Waals surface area contributed by atoms with Gasteiger partial charge in [-0.3, -0.25) is 0 Å². The van der Waals surface area contributed by atoms with Crippen molar-refractivity contribution in [1.29, 1.82) is 0 Å². The van der Waals surface area contributed by atoms with Crippen molar-refractivity contribution in [2.75, 3.05) is 6.79 Å². The summed E-state index contributed by atoms with van der Waals surface area (Å²) < 4.78 is 10.6. The number of halogens is 1. The average molecular weight is 240 g/mol. The molecule has 1 aliphatic carbocycles. The van der Waals surface area contributed by atoms with E-state index in [-0.39, 0.29) is 12.8 Å². The maximum absolute atomic E-state index is 6.21. The van der Waals surface area contributed by atoms with Crippen molar-refractivity contribution in [3.63, 3.8) is 0 Å². The van der Waals surface area contributed by atoms with Crippen molar-refractivity contribution in [1.82, 2.24) is 0 Å². The molecule has 2 N–H and O–H groups in total. The quantitative estimate of drug-likeness (QED) is 0.863. The fraction of sp³-hybridized carbons (Fsp3) is 0.500. The van der Waals surface area contributed by atoms with Gasteiger partial charge in [-0.1, -0.05) is 18.0 Å². The van der Waals surface area contributed by atoms with E-state index in [1.54, 1.807) is 6.07 Å². The highest BCUT2D eigenvalue weighted by Gasteiger charge is 2.28. The van der Waals surface area contributed by atoms with Crippen molar-refractivity contribution in [3.05, 3.63) is 22.7 Å². The molecule has 1 aromatic rings. The van der Waals surface area contributed by atoms with E-state index in [0.29, 0.717) is 10.9 Å². The first-order chi connectivity index (χ1) is 7.75. The molecule has 86 valence electrons. The number of benzene rings is 1. The van der Waals surface area contributed by atoms with Crippen LogP contribution in [0.2, 0.25) is 5.02 Å². The van der Waals surface area contributed by atoms with Crippen LogP contribution in [0.5, 0.6) is 11.5 Å². The Kier molecular flexibility index (Phi) is 2.45. The molecule has 1 aliphatic heterocycles. The SMILES string of the molecule is N[C@H](c1cc2c(cc1Cl)OCO2)C1CCC1. The van der Waals surface area contributed by atoms with Gasteiger partial charge in [-0.25, -0.2) is 0 Å². The Morgan fingerprint density at radius 2 is 1.94 bits per heavy atom. The Morgan fingerprint density at radius 1 is 1.25 bits per heavy atom. The van der Waals surface area contributed by atoms with E-state index in [9.17, 15) is 0 Å². The van der Waals surface area contributed by atoms with Gasteiger partial charge in [0.05, 0.1) is 0 Å². The van der Waals surface area contributed by atoms with Gasteiger partial charge in [0.1, 0.15) is 0 Å². The second-order valence-corrected chi connectivity index (χ2v) is 4.85. The Morgan fingerprint density at radius 3 is 2.56 bits per heavy atom. The highest BCUT2D eigenvalue weighted by molar-refractivity contribution is 6.31. The van der Waals surface area contributed by atoms with Crippen LogP contribution in [-0.2, 0) is 0 Å². The third kappa shape index (κ3) is 1.55. The lowest BCUT2D eigenvalue weighted by Gasteiger charge is -2.31. The van der Waals surface area contributed by atoms with Crippen molar-refractivity contribution < 1.29 is 9.47 Å². The molecule has 0 bridgehead atoms. The van der Waals surface area contributed by atoms with Gasteiger partial charge in [-0.15, -0.1) is 0 Å². The molecule has 16 heavy (non-hydrogen) atoms. The summed E-state index contributed by atoms with van der Waals surface area (Å²) in [7, 11) is 0. The molecule has 3 nitrogen and oxygen atoms in total. The minimum Gasteiger partial charge on any atom is -0.454 e. The number of hydrogen-bond donors (Lipinski definition) is 1. The molecule has 0 unspecified atom stereocenters. The summed E-state index contributed by atoms with van der Waals surface area (Å²) in [6.45, 7) is 0.272. The predicted molar refractivity (Wildman–Crippen MR) is 61.8 cm³/mol. The zero-order valence-corrected chi connectivity index (χ0v) is 9.67. The summed E-state index contributed by atoms with van der Waals surface area (Å²) in [5, 5.41) is 0.684. The number of hydrogen-bond acceptors (Lipinski definition) is 3. The van der Waals surface area contributed by atoms with Crippen molar-refractivity contribution >= 4 is 11.6 Å². The van der Waals surface area contributed by atoms with Crippen LogP contribution >= 0.6 is 11.6 Å². The molecule has 0 aromatic heterocycles. The van der Waals surface area contributed by atoms with E-state index < -0.39 is 0 Å². The summed E-state index contributed by atoms with van der Waals surface area (Å²) in [6, 6.07) is 3.75. The lowest BCUT2D eigenvalue weighted by atomic mass is 9.77. The largest absolute Gasteiger partial charge is 0.454 e. The van der Waals surface area contributed by atoms with Crippen LogP contribution in [0.1, 0.15) is 30.9 Å². The van der Waals surface area contributed by atoms with Crippen LogP contribution in [0.15, 0.2) is 12.1 Å². The predicted octanol–water partition coefficient (Wildman–Crippen LogP) is 2.87. The number of ether oxygens (including phenoxy) is 2. The first kappa shape index (κ1) is 10.2. The van der Waals surface area contributed by atoms with Crippen LogP contribution in [0.25, 0.3) is 0 Å². The van der Waals surface area contributed by atoms with Crippen molar-refractivity contribution in [3.8, 4) is 11.5 Å². The number of nitrogens with two attached hydrogens (primary N) is 1. The average Bonchev–Trinajstić information content (AvgIpc) is 2.60. The number of rotatable bonds is 2. The van der Waals surface area contributed by atoms with Crippen LogP contribution in [0.3, 0.4) is 0 Å². The molecule has 4 heteroatoms. The van der Waals surface area contributed by atoms with Gasteiger partial charge >= 0.3 is 0 Å². The molecule has 0 amide bonds. The maximum Gasteiger partial charge on any atom is 0.231 e. The standard InChI is InChI=1S/C12H14ClNO2/c13-9-5-11-10(15-6-16-11)4-8(9)12(14)7-2-1-3-7/h4-5,7,12H,1-3,6,14H2/t12-/m0/s1. The second-order valence-electron chi connectivity index (χ2n) is 4.44. The van der Waals surface area contributed by atoms with Gasteiger partial charge in [-0.2, -0.15) is 0 Å². The van der Waals surface area contributed by atoms with Gasteiger partial charge in [0.2, 0.25) is 6.79 Å². The fourth-order valence-electron chi connectivity index (χ4n) is 2.24. The summed E-state index contributed by atoms with van der Waals surface area (Å²) in [5.41, 5.74) is 7.20. The zero-order valence-electron chi connectivity index (χ0n) is 8.91. The molecule has 1 saturated carbocycles. The molecule has 0 saturated heterocycles. The summed E-state index contributed by atoms with van der Waals surface area (Å²) in [4.78, 5) is 0. The minimum absolute atomic E-state index is 0.0238. The lowest BCUT2D eigenvalue weighted by Crippen LogP contribution is -2.27. The van der Waals surface area contributed by atoms with Crippen LogP contribution in [0.4, 0.5) is 0 Å². The molecule has 3 rings (SSSR count). The van der Waals surface area contributed by atoms with E-state index >= 15 is 0 Å². The van der Waals surface area contributed by atoms with Gasteiger partial charge in [-0.05, 0) is 30.4 Å². The second kappa shape index (κ2) is 3.82. The molecule has 0 spiro atoms. The van der Waals surface area contributed by atoms with E-state index in [0.717, 1.165) is 17.1 Å². The van der Waals surface area contributed by atoms with Crippen molar-refractivity contribution in [2.24, 2.45) is 11.7 Å². The Hall–Kier alpha value is -0.930. The smallest absolute Gasteiger partial charge is 0.231 e. The molecular weight excluding hydrogens is 226 g/mol. The summed E-state index contributed by atoms with van der Waals surface area (Å²) in [5.74, 6) is 2.04. The van der Waals surface area contributed by atoms with Crippen LogP contribution in [0, 0.1) is 5.92 Å². The molecule has 2 aliphatic rings. The molecular formula is C12H14ClNO2. The van der Waals surface area contributed by atoms with E-state index in [4.69, 9.17) is 26.8 Å². The Bertz CT molecular complexity index is 418. The topological polar surface area (TPSA) is 44.5 Å². The lowest BCUT2D eigenvalue weighted by molar-refractivity contribution is 0.174. The summed E-state index contributed by atoms with van der Waals surface area (Å²) >= 11 is 6.21. The van der Waals surface area contributed by atoms with Gasteiger partial charge < -0.3 is 15.2 Å². The van der Waals surface area contributed by atoms with Crippen molar-refractivity contribution in [2.45, 2.75) is 25.3 Å². The van der Waals surface area contributed by atoms with Gasteiger partial charge in [0.25, 0.3) is 0 Å². The van der Waals surface area contributed by atoms with E-state index in [1.165, 1.54) is 19.3 Å². The first-order valence-corrected chi connectivity index (χ1v) is 5.98. The van der Waals surface area contributed by atoms with Gasteiger partial charge in [0, 0.05) is 17.1 Å². The highest BCUT2D eigenvalue weighted by atomic mass is 35.5. The third-order valence-electron chi connectivity index (χ3n) is 3.51. The van der Waals surface area contributed by atoms with Crippen LogP contribution < -0.4 is 15.2 Å². The minimum atomic E-state index is 0.0238. The van der Waals surface area contributed by atoms with Crippen LogP contribution in [-0.4, -0.2) is 6.79 Å². The number of fused-ring (bicyclic) bond motifs is 1. The Labute approximate surface area is 99.5 Å². The molecule has 1 heterocycles. The third-order valence-corrected chi connectivity index (χ3v) is 3.84. The molecule has 0 radical (unpaired) electrons. The van der Waals surface area contributed by atoms with E-state index in [1.807, 2.05) is 6.07 Å². The molecule has 1 fully saturated rings. The normalized spacial score (nSPS) is 20.6. The Balaban J connectivity index is 1.94. The zero-order chi connectivity index (χ0) is 11.1. The fourth-order valence-corrected chi connectivity index (χ4v) is 2.52. The molecule has 1 atom stereocenters. The van der Waals surface area contributed by atoms with E-state index in [2.05, 4.69) is 0 Å². The summed E-state index contributed by atoms with van der Waals surface area (Å²) in [6.07, 6.45) is 3.68. The maximum atomic E-state index is 6.21. The monoisotopic (exact) mass is 239 g/mol. The first-order valence-electron chi connectivity index (χ1n) is 5.60.